The van der Waals surface area contributed by atoms with Gasteiger partial charge in [0, 0.05) is 59.1 Å². The van der Waals surface area contributed by atoms with Crippen LogP contribution in [0, 0.1) is 0 Å². The van der Waals surface area contributed by atoms with Crippen LogP contribution in [-0.2, 0) is 20.2 Å². The van der Waals surface area contributed by atoms with Crippen LogP contribution in [0.25, 0.3) is 0 Å². The minimum absolute atomic E-state index is 0. The van der Waals surface area contributed by atoms with Crippen LogP contribution in [0.5, 0.6) is 0 Å². The number of hydrogen-bond acceptors (Lipinski definition) is 4. The van der Waals surface area contributed by atoms with Crippen LogP contribution in [0.4, 0.5) is 0 Å². The molecule has 76 valence electrons. The first-order valence-corrected chi connectivity index (χ1v) is 6.33. The molecule has 0 aromatic heterocycles. The summed E-state index contributed by atoms with van der Waals surface area (Å²) in [5.74, 6) is -0.967. The Morgan fingerprint density at radius 2 is 0.929 bits per heavy atom. The zero-order chi connectivity index (χ0) is 9.83. The minimum Gasteiger partial charge on any atom is -0.286 e. The van der Waals surface area contributed by atoms with Crippen molar-refractivity contribution < 1.29 is 25.9 Å². The maximum absolute atomic E-state index is 10.1. The van der Waals surface area contributed by atoms with Gasteiger partial charge in [-0.15, -0.1) is 0 Å². The smallest absolute Gasteiger partial charge is 0.264 e. The van der Waals surface area contributed by atoms with E-state index in [2.05, 4.69) is 0 Å². The molecule has 2 radical (unpaired) electrons. The van der Waals surface area contributed by atoms with Crippen molar-refractivity contribution in [2.24, 2.45) is 0 Å². The summed E-state index contributed by atoms with van der Waals surface area (Å²) in [7, 11) is -8.04. The number of hydrogen-bond donors (Lipinski definition) is 2. The van der Waals surface area contributed by atoms with E-state index in [0.29, 0.717) is 0 Å². The fourth-order valence-corrected chi connectivity index (χ4v) is 1.71. The van der Waals surface area contributed by atoms with E-state index >= 15 is 0 Å². The molecule has 0 saturated carbocycles. The van der Waals surface area contributed by atoms with Gasteiger partial charge in [-0.2, -0.15) is 16.8 Å². The zero-order valence-corrected chi connectivity index (χ0v) is 13.8. The van der Waals surface area contributed by atoms with E-state index in [1.807, 2.05) is 0 Å². The minimum atomic E-state index is -4.02. The molecule has 0 saturated heterocycles. The second-order valence-corrected chi connectivity index (χ2v) is 5.42. The van der Waals surface area contributed by atoms with Gasteiger partial charge in [0.15, 0.2) is 0 Å². The van der Waals surface area contributed by atoms with Crippen molar-refractivity contribution in [2.45, 2.75) is 12.8 Å². The first-order valence-electron chi connectivity index (χ1n) is 3.11. The number of unbranched alkanes of at least 4 members (excludes halogenated alkanes) is 1. The molecule has 0 unspecified atom stereocenters. The summed E-state index contributed by atoms with van der Waals surface area (Å²) in [6.07, 6.45) is 0.0250. The summed E-state index contributed by atoms with van der Waals surface area (Å²) < 4.78 is 56.8. The molecule has 0 fully saturated rings. The molecule has 0 spiro atoms. The van der Waals surface area contributed by atoms with Crippen LogP contribution >= 0.6 is 0 Å². The van der Waals surface area contributed by atoms with Crippen molar-refractivity contribution >= 4 is 79.4 Å². The molecule has 0 amide bonds. The Morgan fingerprint density at radius 3 is 1.07 bits per heavy atom. The van der Waals surface area contributed by atoms with Gasteiger partial charge in [0.05, 0.1) is 11.5 Å². The summed E-state index contributed by atoms with van der Waals surface area (Å²) in [6.45, 7) is 0. The predicted molar refractivity (Wildman–Crippen MR) is 53.6 cm³/mol. The molecule has 0 aliphatic rings. The molecule has 0 bridgehead atoms. The molecule has 0 aromatic rings. The molecule has 0 aliphatic heterocycles. The van der Waals surface area contributed by atoms with Gasteiger partial charge in [-0.25, -0.2) is 0 Å². The van der Waals surface area contributed by atoms with Gasteiger partial charge in [-0.05, 0) is 12.8 Å². The Hall–Kier alpha value is 1.82. The SMILES string of the molecule is O=S(=O)(O)CCCCS(=O)(=O)O.[Na].[Na]. The van der Waals surface area contributed by atoms with Gasteiger partial charge >= 0.3 is 0 Å². The summed E-state index contributed by atoms with van der Waals surface area (Å²) in [6, 6.07) is 0. The quantitative estimate of drug-likeness (QED) is 0.366. The molecule has 2 N–H and O–H groups in total. The third-order valence-corrected chi connectivity index (χ3v) is 2.66. The molecule has 0 aliphatic carbocycles. The number of rotatable bonds is 5. The van der Waals surface area contributed by atoms with E-state index in [1.165, 1.54) is 0 Å². The van der Waals surface area contributed by atoms with Crippen molar-refractivity contribution in [1.82, 2.24) is 0 Å². The average Bonchev–Trinajstić information content (AvgIpc) is 1.76. The monoisotopic (exact) mass is 264 g/mol. The van der Waals surface area contributed by atoms with E-state index < -0.39 is 31.7 Å². The maximum Gasteiger partial charge on any atom is 0.264 e. The van der Waals surface area contributed by atoms with Crippen LogP contribution in [0.1, 0.15) is 12.8 Å². The molecule has 6 nitrogen and oxygen atoms in total. The van der Waals surface area contributed by atoms with Crippen molar-refractivity contribution in [1.29, 1.82) is 0 Å². The molecule has 10 heteroatoms. The largest absolute Gasteiger partial charge is 0.286 e. The molecule has 0 aromatic carbocycles. The molecular weight excluding hydrogens is 254 g/mol. The van der Waals surface area contributed by atoms with E-state index in [-0.39, 0.29) is 72.0 Å². The van der Waals surface area contributed by atoms with Gasteiger partial charge in [-0.3, -0.25) is 9.11 Å². The Morgan fingerprint density at radius 1 is 0.714 bits per heavy atom. The van der Waals surface area contributed by atoms with E-state index in [9.17, 15) is 16.8 Å². The van der Waals surface area contributed by atoms with Gasteiger partial charge < -0.3 is 0 Å². The van der Waals surface area contributed by atoms with E-state index in [4.69, 9.17) is 9.11 Å². The Kier molecular flexibility index (Phi) is 13.5. The van der Waals surface area contributed by atoms with E-state index in [1.54, 1.807) is 0 Å². The summed E-state index contributed by atoms with van der Waals surface area (Å²) >= 11 is 0. The zero-order valence-electron chi connectivity index (χ0n) is 8.17. The Labute approximate surface area is 128 Å². The van der Waals surface area contributed by atoms with Crippen molar-refractivity contribution in [3.8, 4) is 0 Å². The standard InChI is InChI=1S/C4H10O6S2.2Na/c5-11(6,7)3-1-2-4-12(8,9)10;;/h1-4H2,(H,5,6,7)(H,8,9,10);;. The molecule has 0 atom stereocenters. The third kappa shape index (κ3) is 19.4. The van der Waals surface area contributed by atoms with Crippen molar-refractivity contribution in [3.63, 3.8) is 0 Å². The van der Waals surface area contributed by atoms with Crippen LogP contribution in [-0.4, -0.2) is 96.6 Å². The van der Waals surface area contributed by atoms with Gasteiger partial charge in [-0.1, -0.05) is 0 Å². The molecule has 0 rings (SSSR count). The fraction of sp³-hybridized carbons (Fsp3) is 1.00. The van der Waals surface area contributed by atoms with Gasteiger partial charge in [0.2, 0.25) is 0 Å². The van der Waals surface area contributed by atoms with Crippen LogP contribution in [0.15, 0.2) is 0 Å². The first kappa shape index (κ1) is 21.1. The van der Waals surface area contributed by atoms with Crippen LogP contribution in [0.3, 0.4) is 0 Å². The fourth-order valence-electron chi connectivity index (χ4n) is 0.569. The van der Waals surface area contributed by atoms with Crippen LogP contribution in [0.2, 0.25) is 0 Å². The van der Waals surface area contributed by atoms with Gasteiger partial charge in [0.1, 0.15) is 0 Å². The maximum atomic E-state index is 10.1. The Bertz CT molecular complexity index is 286. The van der Waals surface area contributed by atoms with E-state index in [0.717, 1.165) is 0 Å². The van der Waals surface area contributed by atoms with Crippen LogP contribution < -0.4 is 0 Å². The normalized spacial score (nSPS) is 11.3. The molecule has 0 heterocycles. The second kappa shape index (κ2) is 8.91. The summed E-state index contributed by atoms with van der Waals surface area (Å²) in [5, 5.41) is 0. The Balaban J connectivity index is -0.000000605. The second-order valence-electron chi connectivity index (χ2n) is 2.28. The first-order chi connectivity index (χ1) is 5.21. The summed E-state index contributed by atoms with van der Waals surface area (Å²) in [5.41, 5.74) is 0. The predicted octanol–water partition coefficient (Wildman–Crippen LogP) is -1.22. The molecule has 14 heavy (non-hydrogen) atoms. The summed E-state index contributed by atoms with van der Waals surface area (Å²) in [4.78, 5) is 0. The molecular formula is C4H10Na2O6S2. The van der Waals surface area contributed by atoms with Crippen molar-refractivity contribution in [2.75, 3.05) is 11.5 Å². The topological polar surface area (TPSA) is 109 Å². The average molecular weight is 264 g/mol. The third-order valence-electron chi connectivity index (χ3n) is 1.05. The van der Waals surface area contributed by atoms with Gasteiger partial charge in [0.25, 0.3) is 20.2 Å². The van der Waals surface area contributed by atoms with Crippen molar-refractivity contribution in [3.05, 3.63) is 0 Å².